The summed E-state index contributed by atoms with van der Waals surface area (Å²) in [5, 5.41) is 22.3. The quantitative estimate of drug-likeness (QED) is 0.448. The van der Waals surface area contributed by atoms with E-state index in [0.717, 1.165) is 12.8 Å². The Labute approximate surface area is 149 Å². The summed E-state index contributed by atoms with van der Waals surface area (Å²) in [5.74, 6) is -1.31. The first kappa shape index (κ1) is 21.6. The molecule has 1 fully saturated rings. The normalized spacial score (nSPS) is 27.6. The first-order valence-corrected chi connectivity index (χ1v) is 8.95. The van der Waals surface area contributed by atoms with Crippen LogP contribution >= 0.6 is 0 Å². The molecule has 5 N–H and O–H groups in total. The van der Waals surface area contributed by atoms with Gasteiger partial charge in [0.25, 0.3) is 0 Å². The number of rotatable bonds is 9. The lowest BCUT2D eigenvalue weighted by Gasteiger charge is -2.35. The second-order valence-electron chi connectivity index (χ2n) is 6.95. The number of allylic oxidation sites excluding steroid dienone is 1. The van der Waals surface area contributed by atoms with Crippen molar-refractivity contribution in [3.63, 3.8) is 0 Å². The SMILES string of the molecule is C/C=C/C(O)CC1CCC(C)C(CC(=O)NCC(O)C(C)C(N)=O)O1. The van der Waals surface area contributed by atoms with Crippen molar-refractivity contribution in [2.45, 2.75) is 70.9 Å². The molecular formula is C18H32N2O5. The molecule has 0 bridgehead atoms. The van der Waals surface area contributed by atoms with Crippen molar-refractivity contribution < 1.29 is 24.5 Å². The van der Waals surface area contributed by atoms with Crippen LogP contribution in [0.4, 0.5) is 0 Å². The largest absolute Gasteiger partial charge is 0.390 e. The molecule has 0 aromatic carbocycles. The molecule has 144 valence electrons. The van der Waals surface area contributed by atoms with Gasteiger partial charge in [-0.15, -0.1) is 0 Å². The van der Waals surface area contributed by atoms with E-state index >= 15 is 0 Å². The number of aliphatic hydroxyl groups is 2. The second kappa shape index (κ2) is 10.5. The molecule has 0 aromatic rings. The van der Waals surface area contributed by atoms with Crippen LogP contribution in [0.15, 0.2) is 12.2 Å². The Morgan fingerprint density at radius 3 is 2.64 bits per heavy atom. The van der Waals surface area contributed by atoms with E-state index in [1.807, 2.05) is 13.8 Å². The Kier molecular flexibility index (Phi) is 9.10. The Balaban J connectivity index is 2.44. The van der Waals surface area contributed by atoms with Crippen LogP contribution < -0.4 is 11.1 Å². The van der Waals surface area contributed by atoms with E-state index in [0.29, 0.717) is 6.42 Å². The smallest absolute Gasteiger partial charge is 0.222 e. The molecule has 1 saturated heterocycles. The third-order valence-electron chi connectivity index (χ3n) is 4.79. The van der Waals surface area contributed by atoms with Gasteiger partial charge in [0.1, 0.15) is 0 Å². The molecule has 6 unspecified atom stereocenters. The summed E-state index contributed by atoms with van der Waals surface area (Å²) < 4.78 is 5.99. The summed E-state index contributed by atoms with van der Waals surface area (Å²) >= 11 is 0. The van der Waals surface area contributed by atoms with E-state index in [1.54, 1.807) is 12.2 Å². The van der Waals surface area contributed by atoms with Crippen molar-refractivity contribution in [2.75, 3.05) is 6.54 Å². The van der Waals surface area contributed by atoms with Crippen molar-refractivity contribution in [1.82, 2.24) is 5.32 Å². The number of hydrogen-bond donors (Lipinski definition) is 4. The van der Waals surface area contributed by atoms with Crippen molar-refractivity contribution in [3.05, 3.63) is 12.2 Å². The third-order valence-corrected chi connectivity index (χ3v) is 4.79. The lowest BCUT2D eigenvalue weighted by atomic mass is 9.89. The summed E-state index contributed by atoms with van der Waals surface area (Å²) in [6, 6.07) is 0. The second-order valence-corrected chi connectivity index (χ2v) is 6.95. The van der Waals surface area contributed by atoms with Gasteiger partial charge >= 0.3 is 0 Å². The van der Waals surface area contributed by atoms with Gasteiger partial charge in [-0.05, 0) is 25.7 Å². The fourth-order valence-corrected chi connectivity index (χ4v) is 2.92. The molecule has 2 amide bonds. The molecule has 0 aromatic heterocycles. The van der Waals surface area contributed by atoms with E-state index in [1.165, 1.54) is 6.92 Å². The molecular weight excluding hydrogens is 324 g/mol. The summed E-state index contributed by atoms with van der Waals surface area (Å²) in [5.41, 5.74) is 5.13. The van der Waals surface area contributed by atoms with E-state index in [9.17, 15) is 19.8 Å². The van der Waals surface area contributed by atoms with Gasteiger partial charge in [-0.1, -0.05) is 26.0 Å². The van der Waals surface area contributed by atoms with Gasteiger partial charge in [-0.3, -0.25) is 9.59 Å². The van der Waals surface area contributed by atoms with Crippen LogP contribution in [0.25, 0.3) is 0 Å². The van der Waals surface area contributed by atoms with Crippen LogP contribution in [0.1, 0.15) is 46.5 Å². The van der Waals surface area contributed by atoms with Crippen LogP contribution in [0, 0.1) is 11.8 Å². The zero-order valence-electron chi connectivity index (χ0n) is 15.4. The van der Waals surface area contributed by atoms with Gasteiger partial charge in [-0.2, -0.15) is 0 Å². The molecule has 1 aliphatic rings. The average Bonchev–Trinajstić information content (AvgIpc) is 2.55. The zero-order chi connectivity index (χ0) is 19.0. The van der Waals surface area contributed by atoms with Crippen molar-refractivity contribution in [3.8, 4) is 0 Å². The number of carbonyl (C=O) groups is 2. The van der Waals surface area contributed by atoms with Crippen LogP contribution in [0.3, 0.4) is 0 Å². The number of nitrogens with one attached hydrogen (secondary N) is 1. The highest BCUT2D eigenvalue weighted by molar-refractivity contribution is 5.78. The molecule has 6 atom stereocenters. The van der Waals surface area contributed by atoms with E-state index in [4.69, 9.17) is 10.5 Å². The zero-order valence-corrected chi connectivity index (χ0v) is 15.4. The highest BCUT2D eigenvalue weighted by atomic mass is 16.5. The maximum absolute atomic E-state index is 12.1. The van der Waals surface area contributed by atoms with E-state index < -0.39 is 24.0 Å². The Bertz CT molecular complexity index is 468. The lowest BCUT2D eigenvalue weighted by molar-refractivity contribution is -0.134. The van der Waals surface area contributed by atoms with Crippen LogP contribution in [0.2, 0.25) is 0 Å². The maximum Gasteiger partial charge on any atom is 0.222 e. The Morgan fingerprint density at radius 2 is 2.04 bits per heavy atom. The summed E-state index contributed by atoms with van der Waals surface area (Å²) in [4.78, 5) is 23.1. The first-order chi connectivity index (χ1) is 11.7. The number of carbonyl (C=O) groups excluding carboxylic acids is 2. The summed E-state index contributed by atoms with van der Waals surface area (Å²) in [6.45, 7) is 5.40. The molecule has 1 heterocycles. The van der Waals surface area contributed by atoms with Crippen LogP contribution in [0.5, 0.6) is 0 Å². The molecule has 1 aliphatic heterocycles. The standard InChI is InChI=1S/C18H32N2O5/c1-4-5-13(21)8-14-7-6-11(2)16(25-14)9-17(23)20-10-15(22)12(3)18(19)24/h4-5,11-16,21-22H,6-10H2,1-3H3,(H2,19,24)(H,20,23)/b5-4+. The molecule has 25 heavy (non-hydrogen) atoms. The molecule has 7 heteroatoms. The van der Waals surface area contributed by atoms with Gasteiger partial charge < -0.3 is 26.0 Å². The number of hydrogen-bond acceptors (Lipinski definition) is 5. The minimum atomic E-state index is -1.00. The molecule has 0 saturated carbocycles. The highest BCUT2D eigenvalue weighted by Crippen LogP contribution is 2.29. The lowest BCUT2D eigenvalue weighted by Crippen LogP contribution is -2.43. The van der Waals surface area contributed by atoms with Crippen LogP contribution in [-0.2, 0) is 14.3 Å². The van der Waals surface area contributed by atoms with Crippen molar-refractivity contribution in [1.29, 1.82) is 0 Å². The number of amides is 2. The molecule has 0 spiro atoms. The van der Waals surface area contributed by atoms with E-state index in [2.05, 4.69) is 5.32 Å². The number of aliphatic hydroxyl groups excluding tert-OH is 2. The third kappa shape index (κ3) is 7.54. The number of ether oxygens (including phenoxy) is 1. The predicted molar refractivity (Wildman–Crippen MR) is 94.5 cm³/mol. The number of nitrogens with two attached hydrogens (primary N) is 1. The predicted octanol–water partition coefficient (Wildman–Crippen LogP) is 0.486. The van der Waals surface area contributed by atoms with Gasteiger partial charge in [0.15, 0.2) is 0 Å². The van der Waals surface area contributed by atoms with Crippen molar-refractivity contribution >= 4 is 11.8 Å². The monoisotopic (exact) mass is 356 g/mol. The average molecular weight is 356 g/mol. The minimum Gasteiger partial charge on any atom is -0.390 e. The fraction of sp³-hybridized carbons (Fsp3) is 0.778. The molecule has 0 aliphatic carbocycles. The van der Waals surface area contributed by atoms with Gasteiger partial charge in [-0.25, -0.2) is 0 Å². The number of primary amides is 1. The molecule has 0 radical (unpaired) electrons. The molecule has 1 rings (SSSR count). The van der Waals surface area contributed by atoms with Gasteiger partial charge in [0.05, 0.1) is 36.8 Å². The van der Waals surface area contributed by atoms with Gasteiger partial charge in [0.2, 0.25) is 11.8 Å². The summed E-state index contributed by atoms with van der Waals surface area (Å²) in [7, 11) is 0. The minimum absolute atomic E-state index is 0.0204. The Hall–Kier alpha value is -1.44. The fourth-order valence-electron chi connectivity index (χ4n) is 2.92. The summed E-state index contributed by atoms with van der Waals surface area (Å²) in [6.07, 6.45) is 4.21. The first-order valence-electron chi connectivity index (χ1n) is 8.95. The van der Waals surface area contributed by atoms with E-state index in [-0.39, 0.29) is 37.0 Å². The maximum atomic E-state index is 12.1. The Morgan fingerprint density at radius 1 is 1.36 bits per heavy atom. The van der Waals surface area contributed by atoms with Crippen LogP contribution in [-0.4, -0.2) is 53.0 Å². The topological polar surface area (TPSA) is 122 Å². The molecule has 7 nitrogen and oxygen atoms in total. The van der Waals surface area contributed by atoms with Crippen molar-refractivity contribution in [2.24, 2.45) is 17.6 Å². The highest BCUT2D eigenvalue weighted by Gasteiger charge is 2.31. The van der Waals surface area contributed by atoms with Gasteiger partial charge in [0, 0.05) is 13.0 Å².